The number of amides is 1. The van der Waals surface area contributed by atoms with Crippen LogP contribution >= 0.6 is 23.2 Å². The zero-order valence-corrected chi connectivity index (χ0v) is 14.0. The van der Waals surface area contributed by atoms with Crippen LogP contribution in [0.3, 0.4) is 0 Å². The summed E-state index contributed by atoms with van der Waals surface area (Å²) in [4.78, 5) is 26.0. The first-order valence-corrected chi connectivity index (χ1v) is 7.70. The zero-order valence-electron chi connectivity index (χ0n) is 12.5. The number of nitrogens with zero attached hydrogens (tertiary/aromatic N) is 1. The van der Waals surface area contributed by atoms with Crippen LogP contribution in [-0.2, 0) is 4.79 Å². The molecule has 1 unspecified atom stereocenters. The molecule has 3 nitrogen and oxygen atoms in total. The lowest BCUT2D eigenvalue weighted by atomic mass is 9.80. The molecule has 1 amide bonds. The first-order valence-electron chi connectivity index (χ1n) is 6.94. The molecule has 114 valence electrons. The van der Waals surface area contributed by atoms with Crippen LogP contribution in [0.25, 0.3) is 0 Å². The van der Waals surface area contributed by atoms with Crippen LogP contribution in [0, 0.1) is 11.3 Å². The molecule has 0 saturated carbocycles. The molecule has 0 aromatic heterocycles. The average molecular weight is 328 g/mol. The lowest BCUT2D eigenvalue weighted by Gasteiger charge is -2.26. The van der Waals surface area contributed by atoms with Gasteiger partial charge in [-0.3, -0.25) is 9.59 Å². The van der Waals surface area contributed by atoms with Crippen LogP contribution in [-0.4, -0.2) is 29.7 Å². The molecular formula is C16H19Cl2NO2. The lowest BCUT2D eigenvalue weighted by Crippen LogP contribution is -2.32. The molecule has 0 bridgehead atoms. The summed E-state index contributed by atoms with van der Waals surface area (Å²) >= 11 is 11.9. The smallest absolute Gasteiger partial charge is 0.223 e. The van der Waals surface area contributed by atoms with Gasteiger partial charge in [-0.05, 0) is 29.5 Å². The Bertz CT molecular complexity index is 578. The number of Topliss-reactive ketones (excluding diaryl/α,β-unsaturated/α-hetero) is 1. The van der Waals surface area contributed by atoms with E-state index in [9.17, 15) is 9.59 Å². The van der Waals surface area contributed by atoms with Gasteiger partial charge < -0.3 is 4.90 Å². The van der Waals surface area contributed by atoms with Gasteiger partial charge in [0, 0.05) is 23.6 Å². The number of halogens is 2. The molecule has 1 saturated heterocycles. The fourth-order valence-electron chi connectivity index (χ4n) is 2.48. The highest BCUT2D eigenvalue weighted by Crippen LogP contribution is 2.34. The molecule has 1 aliphatic rings. The molecule has 0 N–H and O–H groups in total. The first-order chi connectivity index (χ1) is 9.68. The minimum absolute atomic E-state index is 0.0355. The predicted octanol–water partition coefficient (Wildman–Crippen LogP) is 4.07. The van der Waals surface area contributed by atoms with Crippen molar-refractivity contribution < 1.29 is 9.59 Å². The molecule has 21 heavy (non-hydrogen) atoms. The van der Waals surface area contributed by atoms with Crippen molar-refractivity contribution in [1.29, 1.82) is 0 Å². The van der Waals surface area contributed by atoms with Crippen LogP contribution < -0.4 is 0 Å². The standard InChI is InChI=1S/C16H19Cl2NO2/c1-16(2,3)10-6-15(21)19(8-10)9-14(20)12-5-4-11(17)7-13(12)18/h4-5,7,10H,6,8-9H2,1-3H3. The Hall–Kier alpha value is -1.06. The van der Waals surface area contributed by atoms with Gasteiger partial charge in [0.15, 0.2) is 5.78 Å². The normalized spacial score (nSPS) is 19.2. The van der Waals surface area contributed by atoms with Crippen molar-refractivity contribution >= 4 is 34.9 Å². The average Bonchev–Trinajstić information content (AvgIpc) is 2.70. The fourth-order valence-corrected chi connectivity index (χ4v) is 2.99. The Morgan fingerprint density at radius 3 is 2.52 bits per heavy atom. The molecule has 0 spiro atoms. The second-order valence-electron chi connectivity index (χ2n) is 6.59. The van der Waals surface area contributed by atoms with E-state index in [0.717, 1.165) is 0 Å². The third-order valence-electron chi connectivity index (χ3n) is 4.01. The monoisotopic (exact) mass is 327 g/mol. The molecule has 1 aliphatic heterocycles. The molecule has 1 heterocycles. The molecule has 0 radical (unpaired) electrons. The maximum absolute atomic E-state index is 12.3. The summed E-state index contributed by atoms with van der Waals surface area (Å²) in [5.41, 5.74) is 0.471. The van der Waals surface area contributed by atoms with Crippen molar-refractivity contribution in [2.45, 2.75) is 27.2 Å². The first kappa shape index (κ1) is 16.3. The van der Waals surface area contributed by atoms with E-state index < -0.39 is 0 Å². The molecule has 1 aromatic rings. The predicted molar refractivity (Wildman–Crippen MR) is 84.9 cm³/mol. The van der Waals surface area contributed by atoms with Gasteiger partial charge in [-0.25, -0.2) is 0 Å². The summed E-state index contributed by atoms with van der Waals surface area (Å²) in [6.45, 7) is 7.05. The van der Waals surface area contributed by atoms with Crippen molar-refractivity contribution in [2.24, 2.45) is 11.3 Å². The topological polar surface area (TPSA) is 37.4 Å². The van der Waals surface area contributed by atoms with E-state index in [1.165, 1.54) is 0 Å². The summed E-state index contributed by atoms with van der Waals surface area (Å²) < 4.78 is 0. The number of rotatable bonds is 3. The Kier molecular flexibility index (Phi) is 4.64. The van der Waals surface area contributed by atoms with Gasteiger partial charge in [0.2, 0.25) is 5.91 Å². The van der Waals surface area contributed by atoms with E-state index in [1.54, 1.807) is 23.1 Å². The lowest BCUT2D eigenvalue weighted by molar-refractivity contribution is -0.127. The van der Waals surface area contributed by atoms with Crippen molar-refractivity contribution in [3.8, 4) is 0 Å². The van der Waals surface area contributed by atoms with E-state index in [4.69, 9.17) is 23.2 Å². The minimum Gasteiger partial charge on any atom is -0.335 e. The number of carbonyl (C=O) groups is 2. The maximum atomic E-state index is 12.3. The Morgan fingerprint density at radius 1 is 1.33 bits per heavy atom. The molecule has 1 aromatic carbocycles. The van der Waals surface area contributed by atoms with E-state index in [0.29, 0.717) is 28.6 Å². The summed E-state index contributed by atoms with van der Waals surface area (Å²) in [7, 11) is 0. The summed E-state index contributed by atoms with van der Waals surface area (Å²) in [5, 5.41) is 0.813. The molecule has 1 atom stereocenters. The molecule has 2 rings (SSSR count). The van der Waals surface area contributed by atoms with Crippen LogP contribution in [0.2, 0.25) is 10.0 Å². The number of benzene rings is 1. The van der Waals surface area contributed by atoms with Gasteiger partial charge in [-0.2, -0.15) is 0 Å². The number of ketones is 1. The Morgan fingerprint density at radius 2 is 2.00 bits per heavy atom. The van der Waals surface area contributed by atoms with Gasteiger partial charge in [-0.15, -0.1) is 0 Å². The highest BCUT2D eigenvalue weighted by Gasteiger charge is 2.37. The molecule has 1 fully saturated rings. The summed E-state index contributed by atoms with van der Waals surface area (Å²) in [6.07, 6.45) is 0.505. The van der Waals surface area contributed by atoms with Crippen LogP contribution in [0.4, 0.5) is 0 Å². The summed E-state index contributed by atoms with van der Waals surface area (Å²) in [5.74, 6) is 0.159. The van der Waals surface area contributed by atoms with E-state index in [-0.39, 0.29) is 29.6 Å². The fraction of sp³-hybridized carbons (Fsp3) is 0.500. The van der Waals surface area contributed by atoms with Gasteiger partial charge in [0.05, 0.1) is 11.6 Å². The molecule has 0 aliphatic carbocycles. The van der Waals surface area contributed by atoms with E-state index in [2.05, 4.69) is 20.8 Å². The third-order valence-corrected chi connectivity index (χ3v) is 4.55. The van der Waals surface area contributed by atoms with Crippen molar-refractivity contribution in [1.82, 2.24) is 4.90 Å². The van der Waals surface area contributed by atoms with E-state index in [1.807, 2.05) is 0 Å². The number of hydrogen-bond donors (Lipinski definition) is 0. The van der Waals surface area contributed by atoms with Crippen molar-refractivity contribution in [3.05, 3.63) is 33.8 Å². The Labute approximate surface area is 135 Å². The highest BCUT2D eigenvalue weighted by molar-refractivity contribution is 6.36. The number of carbonyl (C=O) groups excluding carboxylic acids is 2. The SMILES string of the molecule is CC(C)(C)C1CC(=O)N(CC(=O)c2ccc(Cl)cc2Cl)C1. The quantitative estimate of drug-likeness (QED) is 0.785. The van der Waals surface area contributed by atoms with Gasteiger partial charge >= 0.3 is 0 Å². The summed E-state index contributed by atoms with van der Waals surface area (Å²) in [6, 6.07) is 4.78. The van der Waals surface area contributed by atoms with Gasteiger partial charge in [0.1, 0.15) is 0 Å². The minimum atomic E-state index is -0.153. The second kappa shape index (κ2) is 5.98. The highest BCUT2D eigenvalue weighted by atomic mass is 35.5. The zero-order chi connectivity index (χ0) is 15.8. The van der Waals surface area contributed by atoms with Gasteiger partial charge in [0.25, 0.3) is 0 Å². The van der Waals surface area contributed by atoms with E-state index >= 15 is 0 Å². The largest absolute Gasteiger partial charge is 0.335 e. The molecule has 5 heteroatoms. The second-order valence-corrected chi connectivity index (χ2v) is 7.43. The Balaban J connectivity index is 2.08. The number of hydrogen-bond acceptors (Lipinski definition) is 2. The third kappa shape index (κ3) is 3.78. The maximum Gasteiger partial charge on any atom is 0.223 e. The van der Waals surface area contributed by atoms with Crippen LogP contribution in [0.15, 0.2) is 18.2 Å². The van der Waals surface area contributed by atoms with Crippen molar-refractivity contribution in [3.63, 3.8) is 0 Å². The molecular weight excluding hydrogens is 309 g/mol. The number of likely N-dealkylation sites (tertiary alicyclic amines) is 1. The van der Waals surface area contributed by atoms with Gasteiger partial charge in [-0.1, -0.05) is 44.0 Å². The van der Waals surface area contributed by atoms with Crippen molar-refractivity contribution in [2.75, 3.05) is 13.1 Å². The van der Waals surface area contributed by atoms with Crippen LogP contribution in [0.5, 0.6) is 0 Å². The van der Waals surface area contributed by atoms with Crippen LogP contribution in [0.1, 0.15) is 37.6 Å².